The molecule has 0 saturated carbocycles. The summed E-state index contributed by atoms with van der Waals surface area (Å²) in [6, 6.07) is 0. The third kappa shape index (κ3) is 3.03. The number of hydrogen-bond donors (Lipinski definition) is 1. The van der Waals surface area contributed by atoms with Crippen LogP contribution in [0.3, 0.4) is 0 Å². The maximum Gasteiger partial charge on any atom is 0.216 e. The minimum absolute atomic E-state index is 0.363. The number of rotatable bonds is 5. The fourth-order valence-corrected chi connectivity index (χ4v) is 2.47. The molecule has 1 saturated heterocycles. The molecule has 1 aromatic heterocycles. The molecule has 1 N–H and O–H groups in total. The van der Waals surface area contributed by atoms with Crippen molar-refractivity contribution in [2.75, 3.05) is 20.3 Å². The predicted molar refractivity (Wildman–Crippen MR) is 69.8 cm³/mol. The van der Waals surface area contributed by atoms with Crippen LogP contribution in [0.4, 0.5) is 0 Å². The normalized spacial score (nSPS) is 20.1. The number of nitrogens with zero attached hydrogens (tertiary/aromatic N) is 2. The topological polar surface area (TPSA) is 48.3 Å². The van der Waals surface area contributed by atoms with E-state index < -0.39 is 0 Å². The monoisotopic (exact) mass is 253 g/mol. The van der Waals surface area contributed by atoms with Gasteiger partial charge in [-0.2, -0.15) is 5.10 Å². The van der Waals surface area contributed by atoms with E-state index in [0.717, 1.165) is 43.3 Å². The molecule has 5 heteroatoms. The molecule has 102 valence electrons. The zero-order valence-corrected chi connectivity index (χ0v) is 11.5. The van der Waals surface area contributed by atoms with E-state index in [1.54, 1.807) is 11.8 Å². The summed E-state index contributed by atoms with van der Waals surface area (Å²) in [5.41, 5.74) is 2.15. The number of nitrogens with one attached hydrogen (secondary N) is 1. The zero-order chi connectivity index (χ0) is 13.0. The van der Waals surface area contributed by atoms with E-state index in [4.69, 9.17) is 9.47 Å². The highest BCUT2D eigenvalue weighted by Gasteiger charge is 2.16. The van der Waals surface area contributed by atoms with Crippen LogP contribution in [0.1, 0.15) is 30.5 Å². The van der Waals surface area contributed by atoms with Crippen LogP contribution in [-0.4, -0.2) is 36.1 Å². The first-order valence-corrected chi connectivity index (χ1v) is 6.61. The fraction of sp³-hybridized carbons (Fsp3) is 0.769. The first-order valence-electron chi connectivity index (χ1n) is 6.61. The molecule has 1 aliphatic rings. The maximum absolute atomic E-state index is 5.69. The molecule has 5 nitrogen and oxygen atoms in total. The summed E-state index contributed by atoms with van der Waals surface area (Å²) in [5, 5.41) is 7.81. The molecule has 2 heterocycles. The average Bonchev–Trinajstić information content (AvgIpc) is 2.65. The molecule has 1 atom stereocenters. The Kier molecular flexibility index (Phi) is 4.60. The predicted octanol–water partition coefficient (Wildman–Crippen LogP) is 1.40. The lowest BCUT2D eigenvalue weighted by atomic mass is 10.1. The highest BCUT2D eigenvalue weighted by molar-refractivity contribution is 5.30. The lowest BCUT2D eigenvalue weighted by molar-refractivity contribution is 0.0167. The first kappa shape index (κ1) is 13.4. The molecule has 0 aromatic carbocycles. The molecule has 18 heavy (non-hydrogen) atoms. The van der Waals surface area contributed by atoms with Gasteiger partial charge in [0.15, 0.2) is 0 Å². The molecular formula is C13H23N3O2. The number of aryl methyl sites for hydroxylation is 2. The van der Waals surface area contributed by atoms with Gasteiger partial charge in [-0.3, -0.25) is 0 Å². The van der Waals surface area contributed by atoms with Gasteiger partial charge >= 0.3 is 0 Å². The van der Waals surface area contributed by atoms with Crippen LogP contribution in [0.5, 0.6) is 5.88 Å². The molecule has 0 aliphatic carbocycles. The Morgan fingerprint density at radius 3 is 3.00 bits per heavy atom. The minimum Gasteiger partial charge on any atom is -0.481 e. The highest BCUT2D eigenvalue weighted by Crippen LogP contribution is 2.20. The molecule has 0 amide bonds. The fourth-order valence-electron chi connectivity index (χ4n) is 2.47. The minimum atomic E-state index is 0.363. The molecule has 1 fully saturated rings. The van der Waals surface area contributed by atoms with Crippen molar-refractivity contribution in [2.45, 2.75) is 38.8 Å². The standard InChI is InChI=1S/C13H23N3O2/c1-10-12(13(17-3)16(2)15-10)9-14-8-11-6-4-5-7-18-11/h11,14H,4-9H2,1-3H3. The molecule has 0 bridgehead atoms. The van der Waals surface area contributed by atoms with E-state index in [2.05, 4.69) is 10.4 Å². The SMILES string of the molecule is COc1c(CNCC2CCCCO2)c(C)nn1C. The summed E-state index contributed by atoms with van der Waals surface area (Å²) in [6.45, 7) is 4.60. The summed E-state index contributed by atoms with van der Waals surface area (Å²) in [7, 11) is 3.59. The Morgan fingerprint density at radius 1 is 1.50 bits per heavy atom. The Bertz CT molecular complexity index is 384. The third-order valence-electron chi connectivity index (χ3n) is 3.43. The summed E-state index contributed by atoms with van der Waals surface area (Å²) >= 11 is 0. The molecular weight excluding hydrogens is 230 g/mol. The Labute approximate surface area is 108 Å². The van der Waals surface area contributed by atoms with Crippen LogP contribution in [0.2, 0.25) is 0 Å². The van der Waals surface area contributed by atoms with Crippen LogP contribution < -0.4 is 10.1 Å². The summed E-state index contributed by atoms with van der Waals surface area (Å²) in [5.74, 6) is 0.838. The van der Waals surface area contributed by atoms with Crippen molar-refractivity contribution in [1.29, 1.82) is 0 Å². The lowest BCUT2D eigenvalue weighted by Gasteiger charge is -2.22. The summed E-state index contributed by atoms with van der Waals surface area (Å²) in [6.07, 6.45) is 4.01. The van der Waals surface area contributed by atoms with Gasteiger partial charge in [-0.1, -0.05) is 0 Å². The van der Waals surface area contributed by atoms with E-state index in [9.17, 15) is 0 Å². The largest absolute Gasteiger partial charge is 0.481 e. The van der Waals surface area contributed by atoms with E-state index in [1.807, 2.05) is 14.0 Å². The van der Waals surface area contributed by atoms with Gasteiger partial charge < -0.3 is 14.8 Å². The van der Waals surface area contributed by atoms with Gasteiger partial charge in [0, 0.05) is 26.7 Å². The van der Waals surface area contributed by atoms with Crippen LogP contribution in [0.25, 0.3) is 0 Å². The van der Waals surface area contributed by atoms with Crippen molar-refractivity contribution >= 4 is 0 Å². The molecule has 2 rings (SSSR count). The van der Waals surface area contributed by atoms with E-state index in [1.165, 1.54) is 12.8 Å². The number of methoxy groups -OCH3 is 1. The van der Waals surface area contributed by atoms with Crippen LogP contribution in [0.15, 0.2) is 0 Å². The van der Waals surface area contributed by atoms with Crippen LogP contribution in [0, 0.1) is 6.92 Å². The van der Waals surface area contributed by atoms with Gasteiger partial charge in [0.2, 0.25) is 5.88 Å². The quantitative estimate of drug-likeness (QED) is 0.861. The van der Waals surface area contributed by atoms with Crippen LogP contribution >= 0.6 is 0 Å². The van der Waals surface area contributed by atoms with Crippen molar-refractivity contribution < 1.29 is 9.47 Å². The molecule has 0 spiro atoms. The van der Waals surface area contributed by atoms with E-state index >= 15 is 0 Å². The van der Waals surface area contributed by atoms with Crippen molar-refractivity contribution in [3.05, 3.63) is 11.3 Å². The molecule has 1 aliphatic heterocycles. The van der Waals surface area contributed by atoms with Gasteiger partial charge in [-0.05, 0) is 26.2 Å². The van der Waals surface area contributed by atoms with Gasteiger partial charge in [0.1, 0.15) is 0 Å². The second kappa shape index (κ2) is 6.20. The first-order chi connectivity index (χ1) is 8.72. The zero-order valence-electron chi connectivity index (χ0n) is 11.5. The highest BCUT2D eigenvalue weighted by atomic mass is 16.5. The van der Waals surface area contributed by atoms with Gasteiger partial charge in [-0.15, -0.1) is 0 Å². The second-order valence-electron chi connectivity index (χ2n) is 4.82. The second-order valence-corrected chi connectivity index (χ2v) is 4.82. The Morgan fingerprint density at radius 2 is 2.33 bits per heavy atom. The van der Waals surface area contributed by atoms with Crippen molar-refractivity contribution in [3.63, 3.8) is 0 Å². The molecule has 1 unspecified atom stereocenters. The van der Waals surface area contributed by atoms with Gasteiger partial charge in [-0.25, -0.2) is 4.68 Å². The summed E-state index contributed by atoms with van der Waals surface area (Å²) < 4.78 is 12.8. The Balaban J connectivity index is 1.85. The van der Waals surface area contributed by atoms with Gasteiger partial charge in [0.05, 0.1) is 24.5 Å². The van der Waals surface area contributed by atoms with Crippen molar-refractivity contribution in [1.82, 2.24) is 15.1 Å². The summed E-state index contributed by atoms with van der Waals surface area (Å²) in [4.78, 5) is 0. The van der Waals surface area contributed by atoms with Crippen LogP contribution in [-0.2, 0) is 18.3 Å². The number of aromatic nitrogens is 2. The van der Waals surface area contributed by atoms with Crippen molar-refractivity contribution in [3.8, 4) is 5.88 Å². The van der Waals surface area contributed by atoms with Gasteiger partial charge in [0.25, 0.3) is 0 Å². The maximum atomic E-state index is 5.69. The molecule has 1 aromatic rings. The smallest absolute Gasteiger partial charge is 0.216 e. The Hall–Kier alpha value is -1.07. The lowest BCUT2D eigenvalue weighted by Crippen LogP contribution is -2.31. The third-order valence-corrected chi connectivity index (χ3v) is 3.43. The molecule has 0 radical (unpaired) electrons. The van der Waals surface area contributed by atoms with Crippen molar-refractivity contribution in [2.24, 2.45) is 7.05 Å². The van der Waals surface area contributed by atoms with E-state index in [-0.39, 0.29) is 0 Å². The average molecular weight is 253 g/mol. The van der Waals surface area contributed by atoms with E-state index in [0.29, 0.717) is 6.10 Å². The number of ether oxygens (including phenoxy) is 2. The number of hydrogen-bond acceptors (Lipinski definition) is 4.